The second-order valence-electron chi connectivity index (χ2n) is 8.63. The van der Waals surface area contributed by atoms with Crippen molar-refractivity contribution < 1.29 is 28.4 Å². The van der Waals surface area contributed by atoms with Crippen LogP contribution in [0.3, 0.4) is 0 Å². The van der Waals surface area contributed by atoms with Gasteiger partial charge in [-0.05, 0) is 34.6 Å². The summed E-state index contributed by atoms with van der Waals surface area (Å²) in [5.74, 6) is -0.994. The minimum absolute atomic E-state index is 0.264. The van der Waals surface area contributed by atoms with Gasteiger partial charge in [0.1, 0.15) is 29.3 Å². The maximum absolute atomic E-state index is 13.8. The zero-order valence-corrected chi connectivity index (χ0v) is 20.8. The molecule has 0 aromatic carbocycles. The molecule has 0 unspecified atom stereocenters. The van der Waals surface area contributed by atoms with Crippen LogP contribution in [-0.4, -0.2) is 69.2 Å². The summed E-state index contributed by atoms with van der Waals surface area (Å²) in [5.41, 5.74) is 4.17. The monoisotopic (exact) mass is 485 g/mol. The molecule has 0 bridgehead atoms. The molecule has 0 saturated carbocycles. The molecule has 0 radical (unpaired) electrons. The van der Waals surface area contributed by atoms with Crippen LogP contribution in [0.2, 0.25) is 0 Å². The van der Waals surface area contributed by atoms with Gasteiger partial charge < -0.3 is 24.5 Å². The molecule has 13 nitrogen and oxygen atoms in total. The highest BCUT2D eigenvalue weighted by Crippen LogP contribution is 2.42. The SMILES string of the molecule is COC(=O)C(C)(C)NP(=O)(CO[C@H](C)Cn1cnc2c(N)ncnc21)NC(C)(C)C(=O)OC. The summed E-state index contributed by atoms with van der Waals surface area (Å²) in [5, 5.41) is 5.58. The van der Waals surface area contributed by atoms with Crippen molar-refractivity contribution in [2.24, 2.45) is 0 Å². The molecule has 0 aliphatic rings. The topological polar surface area (TPSA) is 173 Å². The van der Waals surface area contributed by atoms with Crippen LogP contribution in [0.4, 0.5) is 5.82 Å². The molecule has 33 heavy (non-hydrogen) atoms. The molecule has 2 rings (SSSR count). The van der Waals surface area contributed by atoms with Gasteiger partial charge in [-0.25, -0.2) is 25.1 Å². The Kier molecular flexibility index (Phi) is 8.18. The van der Waals surface area contributed by atoms with E-state index in [4.69, 9.17) is 19.9 Å². The fourth-order valence-electron chi connectivity index (χ4n) is 3.19. The lowest BCUT2D eigenvalue weighted by Crippen LogP contribution is -2.53. The Balaban J connectivity index is 2.20. The zero-order chi connectivity index (χ0) is 25.0. The fourth-order valence-corrected chi connectivity index (χ4v) is 5.83. The van der Waals surface area contributed by atoms with E-state index in [9.17, 15) is 14.2 Å². The number of carbonyl (C=O) groups is 2. The van der Waals surface area contributed by atoms with Crippen LogP contribution >= 0.6 is 7.44 Å². The number of nitrogens with two attached hydrogens (primary N) is 1. The maximum Gasteiger partial charge on any atom is 0.325 e. The third-order valence-corrected chi connectivity index (χ3v) is 7.09. The Morgan fingerprint density at radius 3 is 2.15 bits per heavy atom. The second-order valence-corrected chi connectivity index (χ2v) is 10.8. The van der Waals surface area contributed by atoms with E-state index >= 15 is 0 Å². The molecule has 14 heteroatoms. The Labute approximate surface area is 192 Å². The number of nitrogen functional groups attached to an aromatic ring is 1. The van der Waals surface area contributed by atoms with E-state index in [1.807, 2.05) is 0 Å². The first-order valence-corrected chi connectivity index (χ1v) is 12.0. The Bertz CT molecular complexity index is 1020. The number of esters is 2. The first-order valence-electron chi connectivity index (χ1n) is 10.1. The third-order valence-electron chi connectivity index (χ3n) is 4.74. The van der Waals surface area contributed by atoms with E-state index in [-0.39, 0.29) is 12.2 Å². The predicted octanol–water partition coefficient (Wildman–Crippen LogP) is 1.05. The van der Waals surface area contributed by atoms with Crippen molar-refractivity contribution in [3.05, 3.63) is 12.7 Å². The Morgan fingerprint density at radius 1 is 1.09 bits per heavy atom. The summed E-state index contributed by atoms with van der Waals surface area (Å²) in [6.45, 7) is 8.17. The number of rotatable bonds is 11. The maximum atomic E-state index is 13.8. The largest absolute Gasteiger partial charge is 0.468 e. The average Bonchev–Trinajstić information content (AvgIpc) is 3.14. The number of carbonyl (C=O) groups excluding carboxylic acids is 2. The van der Waals surface area contributed by atoms with E-state index in [2.05, 4.69) is 25.1 Å². The lowest BCUT2D eigenvalue weighted by Gasteiger charge is -2.35. The standard InChI is InChI=1S/C19H32N7O6P/c1-12(8-26-10-23-13-14(20)21-9-22-15(13)26)32-11-33(29,24-18(2,3)16(27)30-6)25-19(4,5)17(28)31-7/h9-10,12H,8,11H2,1-7H3,(H2,20,21,22)(H2,24,25,29)/t12-/m1/s1. The molecule has 2 aromatic heterocycles. The highest BCUT2D eigenvalue weighted by molar-refractivity contribution is 7.59. The van der Waals surface area contributed by atoms with Crippen molar-refractivity contribution >= 4 is 36.4 Å². The summed E-state index contributed by atoms with van der Waals surface area (Å²) in [6.07, 6.45) is 2.12. The van der Waals surface area contributed by atoms with Gasteiger partial charge in [-0.15, -0.1) is 0 Å². The predicted molar refractivity (Wildman–Crippen MR) is 121 cm³/mol. The van der Waals surface area contributed by atoms with Gasteiger partial charge in [0.15, 0.2) is 11.5 Å². The Morgan fingerprint density at radius 2 is 1.64 bits per heavy atom. The lowest BCUT2D eigenvalue weighted by molar-refractivity contribution is -0.146. The molecular formula is C19H32N7O6P. The minimum Gasteiger partial charge on any atom is -0.468 e. The molecule has 0 amide bonds. The van der Waals surface area contributed by atoms with Gasteiger partial charge in [-0.3, -0.25) is 14.2 Å². The van der Waals surface area contributed by atoms with Crippen LogP contribution < -0.4 is 15.9 Å². The summed E-state index contributed by atoms with van der Waals surface area (Å²) >= 11 is 0. The summed E-state index contributed by atoms with van der Waals surface area (Å²) < 4.78 is 31.0. The number of fused-ring (bicyclic) bond motifs is 1. The number of hydrogen-bond donors (Lipinski definition) is 3. The number of ether oxygens (including phenoxy) is 3. The van der Waals surface area contributed by atoms with Crippen molar-refractivity contribution in [3.63, 3.8) is 0 Å². The lowest BCUT2D eigenvalue weighted by atomic mass is 10.1. The minimum atomic E-state index is -3.69. The van der Waals surface area contributed by atoms with E-state index in [1.54, 1.807) is 17.8 Å². The molecular weight excluding hydrogens is 453 g/mol. The third kappa shape index (κ3) is 6.47. The average molecular weight is 485 g/mol. The Hall–Kier alpha value is -2.60. The zero-order valence-electron chi connectivity index (χ0n) is 19.9. The summed E-state index contributed by atoms with van der Waals surface area (Å²) in [4.78, 5) is 36.6. The van der Waals surface area contributed by atoms with Crippen molar-refractivity contribution in [3.8, 4) is 0 Å². The smallest absolute Gasteiger partial charge is 0.325 e. The number of anilines is 1. The van der Waals surface area contributed by atoms with Gasteiger partial charge in [-0.1, -0.05) is 0 Å². The van der Waals surface area contributed by atoms with Crippen LogP contribution in [0.15, 0.2) is 12.7 Å². The molecule has 184 valence electrons. The fraction of sp³-hybridized carbons (Fsp3) is 0.632. The number of hydrogen-bond acceptors (Lipinski definition) is 10. The molecule has 2 heterocycles. The normalized spacial score (nSPS) is 13.7. The molecule has 0 fully saturated rings. The molecule has 0 spiro atoms. The van der Waals surface area contributed by atoms with Gasteiger partial charge in [-0.2, -0.15) is 0 Å². The number of nitrogens with one attached hydrogen (secondary N) is 2. The van der Waals surface area contributed by atoms with E-state index in [1.165, 1.54) is 48.2 Å². The van der Waals surface area contributed by atoms with Crippen molar-refractivity contribution in [2.45, 2.75) is 58.3 Å². The van der Waals surface area contributed by atoms with Gasteiger partial charge >= 0.3 is 11.9 Å². The van der Waals surface area contributed by atoms with Crippen molar-refractivity contribution in [2.75, 3.05) is 26.3 Å². The molecule has 1 atom stereocenters. The molecule has 2 aromatic rings. The van der Waals surface area contributed by atoms with Gasteiger partial charge in [0.05, 0.1) is 33.2 Å². The van der Waals surface area contributed by atoms with Crippen LogP contribution in [0.5, 0.6) is 0 Å². The van der Waals surface area contributed by atoms with Crippen LogP contribution in [0.1, 0.15) is 34.6 Å². The molecule has 0 aliphatic heterocycles. The first-order chi connectivity index (χ1) is 15.2. The number of aromatic nitrogens is 4. The number of nitrogens with zero attached hydrogens (tertiary/aromatic N) is 4. The van der Waals surface area contributed by atoms with Crippen LogP contribution in [0.25, 0.3) is 11.2 Å². The summed E-state index contributed by atoms with van der Waals surface area (Å²) in [6, 6.07) is 0. The molecule has 4 N–H and O–H groups in total. The molecule has 0 saturated heterocycles. The number of imidazole rings is 1. The van der Waals surface area contributed by atoms with Crippen LogP contribution in [0, 0.1) is 0 Å². The first kappa shape index (κ1) is 26.7. The van der Waals surface area contributed by atoms with Gasteiger partial charge in [0, 0.05) is 0 Å². The van der Waals surface area contributed by atoms with Gasteiger partial charge in [0.25, 0.3) is 0 Å². The second kappa shape index (κ2) is 10.1. The highest BCUT2D eigenvalue weighted by Gasteiger charge is 2.42. The number of methoxy groups -OCH3 is 2. The highest BCUT2D eigenvalue weighted by atomic mass is 31.2. The quantitative estimate of drug-likeness (QED) is 0.305. The van der Waals surface area contributed by atoms with E-state index < -0.39 is 36.6 Å². The van der Waals surface area contributed by atoms with E-state index in [0.717, 1.165) is 0 Å². The van der Waals surface area contributed by atoms with Crippen LogP contribution in [-0.2, 0) is 34.9 Å². The van der Waals surface area contributed by atoms with E-state index in [0.29, 0.717) is 17.7 Å². The van der Waals surface area contributed by atoms with Gasteiger partial charge in [0.2, 0.25) is 7.44 Å². The van der Waals surface area contributed by atoms with Crippen molar-refractivity contribution in [1.82, 2.24) is 29.7 Å². The summed E-state index contributed by atoms with van der Waals surface area (Å²) in [7, 11) is -1.23. The van der Waals surface area contributed by atoms with Crippen molar-refractivity contribution in [1.29, 1.82) is 0 Å². The molecule has 0 aliphatic carbocycles.